The van der Waals surface area contributed by atoms with E-state index >= 15 is 0 Å². The summed E-state index contributed by atoms with van der Waals surface area (Å²) in [7, 11) is 0. The minimum atomic E-state index is 0.213. The van der Waals surface area contributed by atoms with Crippen LogP contribution >= 0.6 is 0 Å². The Labute approximate surface area is 93.0 Å². The highest BCUT2D eigenvalue weighted by atomic mass is 16.1. The number of amides is 1. The van der Waals surface area contributed by atoms with Crippen LogP contribution in [0.5, 0.6) is 0 Å². The summed E-state index contributed by atoms with van der Waals surface area (Å²) in [5.41, 5.74) is 0. The van der Waals surface area contributed by atoms with Gasteiger partial charge >= 0.3 is 0 Å². The van der Waals surface area contributed by atoms with Crippen LogP contribution in [0.15, 0.2) is 0 Å². The van der Waals surface area contributed by atoms with Crippen LogP contribution in [0.4, 0.5) is 0 Å². The third kappa shape index (κ3) is 4.65. The Morgan fingerprint density at radius 3 is 2.73 bits per heavy atom. The van der Waals surface area contributed by atoms with Crippen molar-refractivity contribution in [3.63, 3.8) is 0 Å². The van der Waals surface area contributed by atoms with Crippen LogP contribution < -0.4 is 10.6 Å². The van der Waals surface area contributed by atoms with Crippen molar-refractivity contribution in [1.29, 1.82) is 0 Å². The zero-order valence-corrected chi connectivity index (χ0v) is 10.2. The molecule has 88 valence electrons. The molecule has 0 spiro atoms. The van der Waals surface area contributed by atoms with Crippen LogP contribution in [0.1, 0.15) is 40.0 Å². The lowest BCUT2D eigenvalue weighted by Gasteiger charge is -2.25. The van der Waals surface area contributed by atoms with E-state index in [1.807, 2.05) is 0 Å². The quantitative estimate of drug-likeness (QED) is 0.742. The van der Waals surface area contributed by atoms with Crippen molar-refractivity contribution in [2.75, 3.05) is 13.1 Å². The summed E-state index contributed by atoms with van der Waals surface area (Å²) in [4.78, 5) is 11.7. The molecule has 2 atom stereocenters. The zero-order chi connectivity index (χ0) is 11.3. The van der Waals surface area contributed by atoms with E-state index in [1.54, 1.807) is 0 Å². The van der Waals surface area contributed by atoms with E-state index in [0.29, 0.717) is 24.3 Å². The van der Waals surface area contributed by atoms with Gasteiger partial charge in [-0.3, -0.25) is 4.79 Å². The molecule has 1 rings (SSSR count). The highest BCUT2D eigenvalue weighted by Gasteiger charge is 2.17. The number of carbonyl (C=O) groups is 1. The Hall–Kier alpha value is -0.570. The first-order chi connectivity index (χ1) is 7.09. The highest BCUT2D eigenvalue weighted by Crippen LogP contribution is 2.14. The standard InChI is InChI=1S/C12H24N2O/c1-9(2)10(3)7-12(15)14-11-5-4-6-13-8-11/h9-11,13H,4-8H2,1-3H3,(H,14,15). The minimum absolute atomic E-state index is 0.213. The first-order valence-electron chi connectivity index (χ1n) is 6.09. The Morgan fingerprint density at radius 1 is 1.47 bits per heavy atom. The van der Waals surface area contributed by atoms with E-state index in [2.05, 4.69) is 31.4 Å². The molecule has 0 aromatic rings. The van der Waals surface area contributed by atoms with Crippen molar-refractivity contribution in [2.24, 2.45) is 11.8 Å². The van der Waals surface area contributed by atoms with Crippen molar-refractivity contribution in [3.8, 4) is 0 Å². The fourth-order valence-corrected chi connectivity index (χ4v) is 1.79. The predicted molar refractivity (Wildman–Crippen MR) is 62.7 cm³/mol. The molecular formula is C12H24N2O. The molecule has 1 aliphatic heterocycles. The lowest BCUT2D eigenvalue weighted by Crippen LogP contribution is -2.46. The minimum Gasteiger partial charge on any atom is -0.352 e. The Balaban J connectivity index is 2.22. The molecule has 15 heavy (non-hydrogen) atoms. The molecule has 0 aromatic carbocycles. The predicted octanol–water partition coefficient (Wildman–Crippen LogP) is 1.54. The van der Waals surface area contributed by atoms with Gasteiger partial charge in [-0.25, -0.2) is 0 Å². The van der Waals surface area contributed by atoms with E-state index in [1.165, 1.54) is 6.42 Å². The molecule has 0 aromatic heterocycles. The molecule has 3 nitrogen and oxygen atoms in total. The van der Waals surface area contributed by atoms with Gasteiger partial charge in [0.15, 0.2) is 0 Å². The second kappa shape index (κ2) is 6.11. The van der Waals surface area contributed by atoms with Gasteiger partial charge in [-0.1, -0.05) is 20.8 Å². The van der Waals surface area contributed by atoms with Gasteiger partial charge in [0.05, 0.1) is 0 Å². The summed E-state index contributed by atoms with van der Waals surface area (Å²) < 4.78 is 0. The average Bonchev–Trinajstić information content (AvgIpc) is 2.18. The van der Waals surface area contributed by atoms with Gasteiger partial charge in [0.25, 0.3) is 0 Å². The second-order valence-electron chi connectivity index (χ2n) is 5.04. The first kappa shape index (κ1) is 12.5. The van der Waals surface area contributed by atoms with E-state index in [0.717, 1.165) is 19.5 Å². The van der Waals surface area contributed by atoms with Gasteiger partial charge < -0.3 is 10.6 Å². The largest absolute Gasteiger partial charge is 0.352 e. The van der Waals surface area contributed by atoms with Crippen molar-refractivity contribution < 1.29 is 4.79 Å². The van der Waals surface area contributed by atoms with Gasteiger partial charge in [-0.2, -0.15) is 0 Å². The molecule has 2 unspecified atom stereocenters. The van der Waals surface area contributed by atoms with Crippen LogP contribution in [0.2, 0.25) is 0 Å². The van der Waals surface area contributed by atoms with Crippen molar-refractivity contribution >= 4 is 5.91 Å². The van der Waals surface area contributed by atoms with Gasteiger partial charge in [-0.15, -0.1) is 0 Å². The lowest BCUT2D eigenvalue weighted by atomic mass is 9.94. The maximum absolute atomic E-state index is 11.7. The average molecular weight is 212 g/mol. The molecule has 1 fully saturated rings. The summed E-state index contributed by atoms with van der Waals surface area (Å²) in [6.07, 6.45) is 2.95. The third-order valence-corrected chi connectivity index (χ3v) is 3.31. The summed E-state index contributed by atoms with van der Waals surface area (Å²) in [6, 6.07) is 0.352. The van der Waals surface area contributed by atoms with Gasteiger partial charge in [0, 0.05) is 19.0 Å². The molecule has 0 radical (unpaired) electrons. The maximum Gasteiger partial charge on any atom is 0.220 e. The summed E-state index contributed by atoms with van der Waals surface area (Å²) in [6.45, 7) is 8.50. The molecule has 1 aliphatic rings. The van der Waals surface area contributed by atoms with Crippen LogP contribution in [0.25, 0.3) is 0 Å². The number of piperidine rings is 1. The Bertz CT molecular complexity index is 198. The number of hydrogen-bond donors (Lipinski definition) is 2. The monoisotopic (exact) mass is 212 g/mol. The summed E-state index contributed by atoms with van der Waals surface area (Å²) >= 11 is 0. The topological polar surface area (TPSA) is 41.1 Å². The molecule has 0 bridgehead atoms. The normalized spacial score (nSPS) is 23.9. The van der Waals surface area contributed by atoms with Crippen molar-refractivity contribution in [1.82, 2.24) is 10.6 Å². The molecule has 2 N–H and O–H groups in total. The van der Waals surface area contributed by atoms with E-state index < -0.39 is 0 Å². The third-order valence-electron chi connectivity index (χ3n) is 3.31. The van der Waals surface area contributed by atoms with Gasteiger partial charge in [-0.05, 0) is 31.2 Å². The molecule has 3 heteroatoms. The summed E-state index contributed by atoms with van der Waals surface area (Å²) in [5.74, 6) is 1.27. The van der Waals surface area contributed by atoms with E-state index in [9.17, 15) is 4.79 Å². The number of carbonyl (C=O) groups excluding carboxylic acids is 1. The molecule has 1 saturated heterocycles. The molecule has 1 heterocycles. The van der Waals surface area contributed by atoms with E-state index in [-0.39, 0.29) is 5.91 Å². The molecular weight excluding hydrogens is 188 g/mol. The SMILES string of the molecule is CC(C)C(C)CC(=O)NC1CCCNC1. The zero-order valence-electron chi connectivity index (χ0n) is 10.2. The number of nitrogens with one attached hydrogen (secondary N) is 2. The van der Waals surface area contributed by atoms with Gasteiger partial charge in [0.2, 0.25) is 5.91 Å². The van der Waals surface area contributed by atoms with Gasteiger partial charge in [0.1, 0.15) is 0 Å². The first-order valence-corrected chi connectivity index (χ1v) is 6.09. The smallest absolute Gasteiger partial charge is 0.220 e. The van der Waals surface area contributed by atoms with Crippen molar-refractivity contribution in [3.05, 3.63) is 0 Å². The fraction of sp³-hybridized carbons (Fsp3) is 0.917. The van der Waals surface area contributed by atoms with E-state index in [4.69, 9.17) is 0 Å². The van der Waals surface area contributed by atoms with Crippen molar-refractivity contribution in [2.45, 2.75) is 46.1 Å². The highest BCUT2D eigenvalue weighted by molar-refractivity contribution is 5.76. The Kier molecular flexibility index (Phi) is 5.09. The fourth-order valence-electron chi connectivity index (χ4n) is 1.79. The molecule has 0 aliphatic carbocycles. The summed E-state index contributed by atoms with van der Waals surface area (Å²) in [5, 5.41) is 6.40. The van der Waals surface area contributed by atoms with Crippen LogP contribution in [-0.2, 0) is 4.79 Å². The second-order valence-corrected chi connectivity index (χ2v) is 5.04. The van der Waals surface area contributed by atoms with Crippen LogP contribution in [-0.4, -0.2) is 25.0 Å². The van der Waals surface area contributed by atoms with Crippen LogP contribution in [0.3, 0.4) is 0 Å². The Morgan fingerprint density at radius 2 is 2.20 bits per heavy atom. The van der Waals surface area contributed by atoms with Crippen LogP contribution in [0, 0.1) is 11.8 Å². The number of rotatable bonds is 4. The number of hydrogen-bond acceptors (Lipinski definition) is 2. The molecule has 1 amide bonds. The molecule has 0 saturated carbocycles. The lowest BCUT2D eigenvalue weighted by molar-refractivity contribution is -0.123. The maximum atomic E-state index is 11.7.